The first kappa shape index (κ1) is 10.4. The van der Waals surface area contributed by atoms with Crippen molar-refractivity contribution in [3.05, 3.63) is 23.9 Å². The van der Waals surface area contributed by atoms with Crippen LogP contribution in [0.3, 0.4) is 0 Å². The van der Waals surface area contributed by atoms with Crippen molar-refractivity contribution in [3.63, 3.8) is 0 Å². The van der Waals surface area contributed by atoms with Gasteiger partial charge in [-0.05, 0) is 36.8 Å². The monoisotopic (exact) mass is 206 g/mol. The molecule has 0 amide bonds. The zero-order valence-electron chi connectivity index (χ0n) is 9.33. The highest BCUT2D eigenvalue weighted by Crippen LogP contribution is 2.54. The lowest BCUT2D eigenvalue weighted by molar-refractivity contribution is -0.00693. The Morgan fingerprint density at radius 2 is 2.27 bits per heavy atom. The Kier molecular flexibility index (Phi) is 2.23. The van der Waals surface area contributed by atoms with Gasteiger partial charge in [0.15, 0.2) is 0 Å². The van der Waals surface area contributed by atoms with Crippen molar-refractivity contribution in [2.75, 3.05) is 5.73 Å². The van der Waals surface area contributed by atoms with Gasteiger partial charge in [-0.25, -0.2) is 4.98 Å². The van der Waals surface area contributed by atoms with Crippen LogP contribution in [-0.4, -0.2) is 15.7 Å². The van der Waals surface area contributed by atoms with Gasteiger partial charge < -0.3 is 10.8 Å². The zero-order chi connectivity index (χ0) is 11.1. The molecule has 0 saturated heterocycles. The smallest absolute Gasteiger partial charge is 0.126 e. The van der Waals surface area contributed by atoms with E-state index in [9.17, 15) is 5.11 Å². The molecule has 0 bridgehead atoms. The molecule has 1 aliphatic rings. The van der Waals surface area contributed by atoms with E-state index in [0.717, 1.165) is 18.4 Å². The van der Waals surface area contributed by atoms with Gasteiger partial charge in [-0.15, -0.1) is 0 Å². The molecule has 1 aliphatic carbocycles. The van der Waals surface area contributed by atoms with E-state index in [1.54, 1.807) is 6.20 Å². The summed E-state index contributed by atoms with van der Waals surface area (Å²) in [5.41, 5.74) is 6.10. The van der Waals surface area contributed by atoms with Gasteiger partial charge >= 0.3 is 0 Å². The summed E-state index contributed by atoms with van der Waals surface area (Å²) in [5.74, 6) is 0.530. The summed E-state index contributed by atoms with van der Waals surface area (Å²) in [7, 11) is 0. The molecule has 0 spiro atoms. The summed E-state index contributed by atoms with van der Waals surface area (Å²) in [5, 5.41) is 10.4. The maximum atomic E-state index is 10.4. The number of aromatic nitrogens is 1. The fraction of sp³-hybridized carbons (Fsp3) is 0.583. The van der Waals surface area contributed by atoms with Crippen molar-refractivity contribution in [1.29, 1.82) is 0 Å². The second-order valence-corrected chi connectivity index (χ2v) is 5.06. The standard InChI is InChI=1S/C12H18N2O/c1-11(5-6-11)12(2,15)8-9-4-3-7-14-10(9)13/h3-4,7,15H,5-6,8H2,1-2H3,(H2,13,14). The third-order valence-electron chi connectivity index (χ3n) is 3.76. The Bertz CT molecular complexity index is 370. The fourth-order valence-corrected chi connectivity index (χ4v) is 1.91. The third-order valence-corrected chi connectivity index (χ3v) is 3.76. The SMILES string of the molecule is CC(O)(Cc1cccnc1N)C1(C)CC1. The van der Waals surface area contributed by atoms with E-state index in [4.69, 9.17) is 5.73 Å². The largest absolute Gasteiger partial charge is 0.389 e. The summed E-state index contributed by atoms with van der Waals surface area (Å²) in [6.45, 7) is 4.02. The molecule has 0 aliphatic heterocycles. The van der Waals surface area contributed by atoms with Crippen LogP contribution in [0.5, 0.6) is 0 Å². The number of rotatable bonds is 3. The summed E-state index contributed by atoms with van der Waals surface area (Å²) < 4.78 is 0. The molecule has 1 heterocycles. The molecule has 82 valence electrons. The van der Waals surface area contributed by atoms with Crippen molar-refractivity contribution in [2.24, 2.45) is 5.41 Å². The Morgan fingerprint density at radius 3 is 2.80 bits per heavy atom. The van der Waals surface area contributed by atoms with Gasteiger partial charge in [-0.3, -0.25) is 0 Å². The minimum absolute atomic E-state index is 0.0648. The second kappa shape index (κ2) is 3.20. The maximum absolute atomic E-state index is 10.4. The molecule has 3 nitrogen and oxygen atoms in total. The Morgan fingerprint density at radius 1 is 1.60 bits per heavy atom. The predicted octanol–water partition coefficient (Wildman–Crippen LogP) is 1.76. The van der Waals surface area contributed by atoms with Crippen molar-refractivity contribution in [1.82, 2.24) is 4.98 Å². The first-order valence-corrected chi connectivity index (χ1v) is 5.36. The van der Waals surface area contributed by atoms with Crippen LogP contribution in [0.4, 0.5) is 5.82 Å². The number of nitrogens with zero attached hydrogens (tertiary/aromatic N) is 1. The van der Waals surface area contributed by atoms with Gasteiger partial charge in [0.1, 0.15) is 5.82 Å². The topological polar surface area (TPSA) is 59.1 Å². The van der Waals surface area contributed by atoms with E-state index in [1.807, 2.05) is 19.1 Å². The summed E-state index contributed by atoms with van der Waals surface area (Å²) >= 11 is 0. The van der Waals surface area contributed by atoms with Gasteiger partial charge in [0.05, 0.1) is 5.60 Å². The fourth-order valence-electron chi connectivity index (χ4n) is 1.91. The molecule has 1 fully saturated rings. The molecule has 1 atom stereocenters. The van der Waals surface area contributed by atoms with E-state index in [1.165, 1.54) is 0 Å². The molecule has 1 aromatic rings. The highest BCUT2D eigenvalue weighted by atomic mass is 16.3. The number of anilines is 1. The van der Waals surface area contributed by atoms with Gasteiger partial charge in [0.2, 0.25) is 0 Å². The van der Waals surface area contributed by atoms with Crippen LogP contribution in [0.25, 0.3) is 0 Å². The Balaban J connectivity index is 2.18. The van der Waals surface area contributed by atoms with Crippen molar-refractivity contribution in [3.8, 4) is 0 Å². The van der Waals surface area contributed by atoms with E-state index in [2.05, 4.69) is 11.9 Å². The molecule has 15 heavy (non-hydrogen) atoms. The van der Waals surface area contributed by atoms with Crippen LogP contribution in [0.15, 0.2) is 18.3 Å². The summed E-state index contributed by atoms with van der Waals surface area (Å²) in [6.07, 6.45) is 4.45. The lowest BCUT2D eigenvalue weighted by atomic mass is 9.82. The van der Waals surface area contributed by atoms with Gasteiger partial charge in [0.25, 0.3) is 0 Å². The molecule has 1 aromatic heterocycles. The highest BCUT2D eigenvalue weighted by Gasteiger charge is 2.52. The summed E-state index contributed by atoms with van der Waals surface area (Å²) in [6, 6.07) is 3.79. The van der Waals surface area contributed by atoms with Crippen LogP contribution in [0, 0.1) is 5.41 Å². The molecule has 3 N–H and O–H groups in total. The highest BCUT2D eigenvalue weighted by molar-refractivity contribution is 5.39. The predicted molar refractivity (Wildman–Crippen MR) is 60.3 cm³/mol. The first-order valence-electron chi connectivity index (χ1n) is 5.36. The molecule has 2 rings (SSSR count). The normalized spacial score (nSPS) is 22.1. The minimum Gasteiger partial charge on any atom is -0.389 e. The van der Waals surface area contributed by atoms with Crippen LogP contribution in [0.1, 0.15) is 32.3 Å². The maximum Gasteiger partial charge on any atom is 0.126 e. The molecule has 0 aromatic carbocycles. The number of hydrogen-bond acceptors (Lipinski definition) is 3. The van der Waals surface area contributed by atoms with Crippen molar-refractivity contribution >= 4 is 5.82 Å². The third kappa shape index (κ3) is 1.84. The van der Waals surface area contributed by atoms with Crippen LogP contribution in [0.2, 0.25) is 0 Å². The van der Waals surface area contributed by atoms with Gasteiger partial charge in [-0.2, -0.15) is 0 Å². The number of aliphatic hydroxyl groups is 1. The van der Waals surface area contributed by atoms with Crippen LogP contribution < -0.4 is 5.73 Å². The van der Waals surface area contributed by atoms with E-state index in [-0.39, 0.29) is 5.41 Å². The van der Waals surface area contributed by atoms with Crippen molar-refractivity contribution in [2.45, 2.75) is 38.7 Å². The number of hydrogen-bond donors (Lipinski definition) is 2. The Hall–Kier alpha value is -1.09. The van der Waals surface area contributed by atoms with E-state index >= 15 is 0 Å². The van der Waals surface area contributed by atoms with Gasteiger partial charge in [0, 0.05) is 12.6 Å². The van der Waals surface area contributed by atoms with Crippen LogP contribution in [-0.2, 0) is 6.42 Å². The Labute approximate surface area is 90.3 Å². The van der Waals surface area contributed by atoms with Crippen LogP contribution >= 0.6 is 0 Å². The van der Waals surface area contributed by atoms with E-state index in [0.29, 0.717) is 12.2 Å². The number of nitrogens with two attached hydrogens (primary N) is 1. The second-order valence-electron chi connectivity index (χ2n) is 5.06. The molecular formula is C12H18N2O. The molecule has 0 radical (unpaired) electrons. The average molecular weight is 206 g/mol. The van der Waals surface area contributed by atoms with E-state index < -0.39 is 5.60 Å². The zero-order valence-corrected chi connectivity index (χ0v) is 9.33. The lowest BCUT2D eigenvalue weighted by Crippen LogP contribution is -2.37. The minimum atomic E-state index is -0.676. The molecular weight excluding hydrogens is 188 g/mol. The molecule has 1 saturated carbocycles. The van der Waals surface area contributed by atoms with Crippen molar-refractivity contribution < 1.29 is 5.11 Å². The lowest BCUT2D eigenvalue weighted by Gasteiger charge is -2.30. The quantitative estimate of drug-likeness (QED) is 0.792. The molecule has 1 unspecified atom stereocenters. The van der Waals surface area contributed by atoms with Gasteiger partial charge in [-0.1, -0.05) is 13.0 Å². The number of nitrogen functional groups attached to an aromatic ring is 1. The first-order chi connectivity index (χ1) is 6.95. The number of pyridine rings is 1. The summed E-state index contributed by atoms with van der Waals surface area (Å²) in [4.78, 5) is 4.03. The molecule has 3 heteroatoms. The average Bonchev–Trinajstić information content (AvgIpc) is 2.89.